The summed E-state index contributed by atoms with van der Waals surface area (Å²) in [6.07, 6.45) is 6.07. The van der Waals surface area contributed by atoms with E-state index < -0.39 is 9.84 Å². The summed E-state index contributed by atoms with van der Waals surface area (Å²) in [6, 6.07) is 0.545. The number of fused-ring (bicyclic) bond motifs is 2. The van der Waals surface area contributed by atoms with Gasteiger partial charge >= 0.3 is 0 Å². The fraction of sp³-hybridized carbons (Fsp3) is 1.00. The standard InChI is InChI=1S/C14H27NO2S/c1-13(2)11-6-7-14(3,10-11)12(13)15-8-5-9-18(4,16)17/h11-12,15H,5-10H2,1-4H3/t11-,12?,14+/m0/s1. The van der Waals surface area contributed by atoms with Crippen molar-refractivity contribution in [3.8, 4) is 0 Å². The highest BCUT2D eigenvalue weighted by Gasteiger charge is 2.58. The number of hydrogen-bond donors (Lipinski definition) is 1. The molecule has 0 aromatic heterocycles. The molecule has 3 atom stereocenters. The second-order valence-electron chi connectivity index (χ2n) is 7.29. The average molecular weight is 273 g/mol. The van der Waals surface area contributed by atoms with Gasteiger partial charge in [-0.3, -0.25) is 0 Å². The van der Waals surface area contributed by atoms with E-state index in [4.69, 9.17) is 0 Å². The third-order valence-corrected chi connectivity index (χ3v) is 6.34. The summed E-state index contributed by atoms with van der Waals surface area (Å²) in [5, 5.41) is 3.65. The molecule has 2 rings (SSSR count). The molecule has 0 spiro atoms. The van der Waals surface area contributed by atoms with Crippen molar-refractivity contribution in [1.82, 2.24) is 5.32 Å². The number of hydrogen-bond acceptors (Lipinski definition) is 3. The minimum atomic E-state index is -2.81. The van der Waals surface area contributed by atoms with Crippen molar-refractivity contribution in [2.45, 2.75) is 52.5 Å². The Kier molecular flexibility index (Phi) is 3.56. The second-order valence-corrected chi connectivity index (χ2v) is 9.55. The Hall–Kier alpha value is -0.0900. The van der Waals surface area contributed by atoms with Crippen LogP contribution >= 0.6 is 0 Å². The van der Waals surface area contributed by atoms with Crippen LogP contribution in [0.3, 0.4) is 0 Å². The van der Waals surface area contributed by atoms with Crippen LogP contribution in [0.15, 0.2) is 0 Å². The van der Waals surface area contributed by atoms with Crippen LogP contribution in [0.5, 0.6) is 0 Å². The van der Waals surface area contributed by atoms with Crippen molar-refractivity contribution in [2.75, 3.05) is 18.6 Å². The topological polar surface area (TPSA) is 46.2 Å². The first-order valence-corrected chi connectivity index (χ1v) is 9.12. The van der Waals surface area contributed by atoms with Gasteiger partial charge in [-0.25, -0.2) is 8.42 Å². The smallest absolute Gasteiger partial charge is 0.147 e. The summed E-state index contributed by atoms with van der Waals surface area (Å²) in [6.45, 7) is 7.96. The molecule has 1 unspecified atom stereocenters. The Bertz CT molecular complexity index is 411. The molecular formula is C14H27NO2S. The Morgan fingerprint density at radius 3 is 2.44 bits per heavy atom. The van der Waals surface area contributed by atoms with Gasteiger partial charge in [0.1, 0.15) is 9.84 Å². The van der Waals surface area contributed by atoms with E-state index in [1.807, 2.05) is 0 Å². The molecule has 2 fully saturated rings. The van der Waals surface area contributed by atoms with E-state index >= 15 is 0 Å². The highest BCUT2D eigenvalue weighted by atomic mass is 32.2. The van der Waals surface area contributed by atoms with Gasteiger partial charge in [0.15, 0.2) is 0 Å². The summed E-state index contributed by atoms with van der Waals surface area (Å²) in [5.74, 6) is 1.14. The highest BCUT2D eigenvalue weighted by Crippen LogP contribution is 2.62. The lowest BCUT2D eigenvalue weighted by molar-refractivity contribution is 0.110. The maximum Gasteiger partial charge on any atom is 0.147 e. The van der Waals surface area contributed by atoms with Gasteiger partial charge in [0, 0.05) is 12.3 Å². The lowest BCUT2D eigenvalue weighted by Crippen LogP contribution is -2.50. The van der Waals surface area contributed by atoms with Crippen molar-refractivity contribution in [2.24, 2.45) is 16.7 Å². The fourth-order valence-corrected chi connectivity index (χ4v) is 5.06. The van der Waals surface area contributed by atoms with E-state index in [1.165, 1.54) is 25.5 Å². The Balaban J connectivity index is 1.89. The Morgan fingerprint density at radius 2 is 1.94 bits per heavy atom. The van der Waals surface area contributed by atoms with E-state index in [0.717, 1.165) is 18.9 Å². The number of sulfone groups is 1. The molecule has 0 aliphatic heterocycles. The maximum atomic E-state index is 11.1. The van der Waals surface area contributed by atoms with Crippen LogP contribution in [0.25, 0.3) is 0 Å². The van der Waals surface area contributed by atoms with E-state index in [0.29, 0.717) is 22.6 Å². The van der Waals surface area contributed by atoms with Gasteiger partial charge in [0.05, 0.1) is 5.75 Å². The summed E-state index contributed by atoms with van der Waals surface area (Å²) in [5.41, 5.74) is 0.789. The molecule has 4 heteroatoms. The summed E-state index contributed by atoms with van der Waals surface area (Å²) >= 11 is 0. The molecule has 2 bridgehead atoms. The number of nitrogens with one attached hydrogen (secondary N) is 1. The molecule has 18 heavy (non-hydrogen) atoms. The summed E-state index contributed by atoms with van der Waals surface area (Å²) in [4.78, 5) is 0. The predicted molar refractivity (Wildman–Crippen MR) is 75.3 cm³/mol. The van der Waals surface area contributed by atoms with Crippen LogP contribution in [-0.4, -0.2) is 33.0 Å². The van der Waals surface area contributed by atoms with Gasteiger partial charge in [0.25, 0.3) is 0 Å². The monoisotopic (exact) mass is 273 g/mol. The zero-order valence-corrected chi connectivity index (χ0v) is 12.9. The highest BCUT2D eigenvalue weighted by molar-refractivity contribution is 7.90. The van der Waals surface area contributed by atoms with Crippen molar-refractivity contribution in [1.29, 1.82) is 0 Å². The van der Waals surface area contributed by atoms with Gasteiger partial charge in [-0.1, -0.05) is 20.8 Å². The molecule has 0 radical (unpaired) electrons. The predicted octanol–water partition coefficient (Wildman–Crippen LogP) is 2.23. The van der Waals surface area contributed by atoms with Crippen LogP contribution in [0.2, 0.25) is 0 Å². The molecule has 0 saturated heterocycles. The molecule has 0 aromatic carbocycles. The molecule has 2 aliphatic carbocycles. The molecule has 0 amide bonds. The van der Waals surface area contributed by atoms with Crippen LogP contribution in [-0.2, 0) is 9.84 Å². The molecule has 2 aliphatic rings. The minimum Gasteiger partial charge on any atom is -0.313 e. The van der Waals surface area contributed by atoms with E-state index in [-0.39, 0.29) is 0 Å². The molecule has 0 heterocycles. The largest absolute Gasteiger partial charge is 0.313 e. The lowest BCUT2D eigenvalue weighted by Gasteiger charge is -2.43. The molecule has 2 saturated carbocycles. The van der Waals surface area contributed by atoms with Gasteiger partial charge in [0.2, 0.25) is 0 Å². The van der Waals surface area contributed by atoms with E-state index in [2.05, 4.69) is 26.1 Å². The van der Waals surface area contributed by atoms with Gasteiger partial charge < -0.3 is 5.32 Å². The summed E-state index contributed by atoms with van der Waals surface area (Å²) < 4.78 is 22.2. The first kappa shape index (κ1) is 14.3. The first-order chi connectivity index (χ1) is 8.15. The Morgan fingerprint density at radius 1 is 1.28 bits per heavy atom. The Labute approximate surface area is 112 Å². The zero-order valence-electron chi connectivity index (χ0n) is 12.1. The third kappa shape index (κ3) is 2.60. The molecule has 3 nitrogen and oxygen atoms in total. The molecule has 1 N–H and O–H groups in total. The quantitative estimate of drug-likeness (QED) is 0.781. The average Bonchev–Trinajstić information content (AvgIpc) is 2.66. The van der Waals surface area contributed by atoms with Crippen LogP contribution in [0.4, 0.5) is 0 Å². The van der Waals surface area contributed by atoms with Gasteiger partial charge in [-0.2, -0.15) is 0 Å². The third-order valence-electron chi connectivity index (χ3n) is 5.31. The van der Waals surface area contributed by atoms with Crippen molar-refractivity contribution >= 4 is 9.84 Å². The van der Waals surface area contributed by atoms with Crippen LogP contribution < -0.4 is 5.32 Å². The number of rotatable bonds is 5. The minimum absolute atomic E-state index is 0.299. The molecule has 106 valence electrons. The van der Waals surface area contributed by atoms with Crippen molar-refractivity contribution < 1.29 is 8.42 Å². The first-order valence-electron chi connectivity index (χ1n) is 7.06. The normalized spacial score (nSPS) is 38.2. The van der Waals surface area contributed by atoms with E-state index in [1.54, 1.807) is 0 Å². The maximum absolute atomic E-state index is 11.1. The fourth-order valence-electron chi connectivity index (χ4n) is 4.39. The SMILES string of the molecule is CC1(C)C(NCCCS(C)(=O)=O)[C@]2(C)CC[C@H]1C2. The summed E-state index contributed by atoms with van der Waals surface area (Å²) in [7, 11) is -2.81. The van der Waals surface area contributed by atoms with Gasteiger partial charge in [-0.05, 0) is 49.0 Å². The van der Waals surface area contributed by atoms with Crippen LogP contribution in [0.1, 0.15) is 46.5 Å². The second kappa shape index (κ2) is 4.48. The zero-order chi connectivity index (χ0) is 13.6. The van der Waals surface area contributed by atoms with E-state index in [9.17, 15) is 8.42 Å². The van der Waals surface area contributed by atoms with Crippen molar-refractivity contribution in [3.63, 3.8) is 0 Å². The molecular weight excluding hydrogens is 246 g/mol. The van der Waals surface area contributed by atoms with Gasteiger partial charge in [-0.15, -0.1) is 0 Å². The van der Waals surface area contributed by atoms with Crippen molar-refractivity contribution in [3.05, 3.63) is 0 Å². The van der Waals surface area contributed by atoms with Crippen LogP contribution in [0, 0.1) is 16.7 Å². The lowest BCUT2D eigenvalue weighted by atomic mass is 9.68. The molecule has 0 aromatic rings.